The molecule has 0 saturated carbocycles. The van der Waals surface area contributed by atoms with Crippen LogP contribution in [0.5, 0.6) is 5.75 Å². The van der Waals surface area contributed by atoms with E-state index in [0.29, 0.717) is 13.1 Å². The van der Waals surface area contributed by atoms with Gasteiger partial charge in [-0.15, -0.1) is 0 Å². The van der Waals surface area contributed by atoms with Crippen molar-refractivity contribution in [3.63, 3.8) is 0 Å². The lowest BCUT2D eigenvalue weighted by Gasteiger charge is -2.36. The average molecular weight is 329 g/mol. The van der Waals surface area contributed by atoms with Crippen LogP contribution in [0.4, 0.5) is 10.6 Å². The Morgan fingerprint density at radius 3 is 2.50 bits per heavy atom. The number of ether oxygens (including phenoxy) is 1. The van der Waals surface area contributed by atoms with Gasteiger partial charge in [0.05, 0.1) is 5.52 Å². The molecule has 6 nitrogen and oxygen atoms in total. The number of pyridine rings is 1. The molecule has 2 aromatic rings. The lowest BCUT2D eigenvalue weighted by molar-refractivity contribution is 0.0240. The number of anilines is 1. The van der Waals surface area contributed by atoms with Crippen LogP contribution in [0.3, 0.4) is 0 Å². The summed E-state index contributed by atoms with van der Waals surface area (Å²) in [4.78, 5) is 20.7. The van der Waals surface area contributed by atoms with Crippen LogP contribution in [0.25, 0.3) is 10.9 Å². The molecule has 0 bridgehead atoms. The van der Waals surface area contributed by atoms with E-state index in [9.17, 15) is 9.90 Å². The van der Waals surface area contributed by atoms with Crippen molar-refractivity contribution in [2.75, 3.05) is 31.1 Å². The van der Waals surface area contributed by atoms with Gasteiger partial charge in [0.15, 0.2) is 0 Å². The Morgan fingerprint density at radius 1 is 1.12 bits per heavy atom. The van der Waals surface area contributed by atoms with Gasteiger partial charge in [-0.1, -0.05) is 0 Å². The van der Waals surface area contributed by atoms with Gasteiger partial charge in [0.25, 0.3) is 0 Å². The highest BCUT2D eigenvalue weighted by Gasteiger charge is 2.26. The van der Waals surface area contributed by atoms with Crippen LogP contribution in [0.1, 0.15) is 20.8 Å². The van der Waals surface area contributed by atoms with Gasteiger partial charge in [-0.05, 0) is 51.1 Å². The zero-order valence-electron chi connectivity index (χ0n) is 14.3. The predicted molar refractivity (Wildman–Crippen MR) is 93.4 cm³/mol. The number of fused-ring (bicyclic) bond motifs is 1. The normalized spacial score (nSPS) is 15.6. The second kappa shape index (κ2) is 6.19. The molecule has 0 unspecified atom stereocenters. The molecular weight excluding hydrogens is 306 g/mol. The van der Waals surface area contributed by atoms with Crippen LogP contribution in [-0.2, 0) is 4.74 Å². The maximum absolute atomic E-state index is 12.1. The van der Waals surface area contributed by atoms with E-state index in [1.807, 2.05) is 39.0 Å². The largest absolute Gasteiger partial charge is 0.508 e. The Bertz CT molecular complexity index is 747. The number of phenolic OH excluding ortho intramolecular Hbond substituents is 1. The first-order valence-electron chi connectivity index (χ1n) is 8.14. The summed E-state index contributed by atoms with van der Waals surface area (Å²) < 4.78 is 5.42. The number of amides is 1. The van der Waals surface area contributed by atoms with E-state index in [-0.39, 0.29) is 11.8 Å². The fourth-order valence-corrected chi connectivity index (χ4v) is 2.72. The van der Waals surface area contributed by atoms with Gasteiger partial charge >= 0.3 is 6.09 Å². The van der Waals surface area contributed by atoms with E-state index in [4.69, 9.17) is 4.74 Å². The molecule has 1 aliphatic rings. The third-order valence-corrected chi connectivity index (χ3v) is 3.91. The number of piperazine rings is 1. The quantitative estimate of drug-likeness (QED) is 0.871. The van der Waals surface area contributed by atoms with Crippen molar-refractivity contribution >= 4 is 22.8 Å². The summed E-state index contributed by atoms with van der Waals surface area (Å²) in [6, 6.07) is 9.06. The van der Waals surface area contributed by atoms with Gasteiger partial charge in [0, 0.05) is 31.6 Å². The minimum Gasteiger partial charge on any atom is -0.508 e. The molecule has 1 aromatic heterocycles. The number of aromatic hydroxyl groups is 1. The lowest BCUT2D eigenvalue weighted by atomic mass is 10.2. The summed E-state index contributed by atoms with van der Waals surface area (Å²) in [5.74, 6) is 1.13. The fraction of sp³-hybridized carbons (Fsp3) is 0.444. The van der Waals surface area contributed by atoms with Gasteiger partial charge in [0.1, 0.15) is 17.2 Å². The molecule has 0 aliphatic carbocycles. The van der Waals surface area contributed by atoms with Crippen LogP contribution >= 0.6 is 0 Å². The van der Waals surface area contributed by atoms with Gasteiger partial charge in [-0.2, -0.15) is 0 Å². The summed E-state index contributed by atoms with van der Waals surface area (Å²) >= 11 is 0. The summed E-state index contributed by atoms with van der Waals surface area (Å²) in [6.07, 6.45) is -0.260. The molecule has 128 valence electrons. The SMILES string of the molecule is CC(C)(C)OC(=O)N1CCN(c2ccc3cc(O)ccc3n2)CC1. The number of nitrogens with zero attached hydrogens (tertiary/aromatic N) is 3. The van der Waals surface area contributed by atoms with Crippen molar-refractivity contribution in [1.82, 2.24) is 9.88 Å². The van der Waals surface area contributed by atoms with Crippen LogP contribution < -0.4 is 4.90 Å². The Balaban J connectivity index is 1.66. The molecule has 1 N–H and O–H groups in total. The third kappa shape index (κ3) is 3.69. The van der Waals surface area contributed by atoms with Crippen molar-refractivity contribution in [1.29, 1.82) is 0 Å². The number of hydrogen-bond acceptors (Lipinski definition) is 5. The van der Waals surface area contributed by atoms with Crippen LogP contribution in [0.15, 0.2) is 30.3 Å². The summed E-state index contributed by atoms with van der Waals surface area (Å²) in [7, 11) is 0. The molecule has 2 heterocycles. The van der Waals surface area contributed by atoms with E-state index < -0.39 is 5.60 Å². The standard InChI is InChI=1S/C18H23N3O3/c1-18(2,3)24-17(23)21-10-8-20(9-11-21)16-7-4-13-12-14(22)5-6-15(13)19-16/h4-7,12,22H,8-11H2,1-3H3. The molecule has 0 atom stereocenters. The number of benzene rings is 1. The molecule has 0 radical (unpaired) electrons. The zero-order valence-corrected chi connectivity index (χ0v) is 14.3. The summed E-state index contributed by atoms with van der Waals surface area (Å²) in [6.45, 7) is 8.29. The van der Waals surface area contributed by atoms with E-state index in [1.54, 1.807) is 17.0 Å². The Hall–Kier alpha value is -2.50. The topological polar surface area (TPSA) is 65.9 Å². The number of phenols is 1. The van der Waals surface area contributed by atoms with Crippen LogP contribution in [0.2, 0.25) is 0 Å². The predicted octanol–water partition coefficient (Wildman–Crippen LogP) is 3.00. The van der Waals surface area contributed by atoms with Gasteiger partial charge < -0.3 is 19.6 Å². The smallest absolute Gasteiger partial charge is 0.410 e. The van der Waals surface area contributed by atoms with Crippen LogP contribution in [-0.4, -0.2) is 52.9 Å². The van der Waals surface area contributed by atoms with E-state index in [2.05, 4.69) is 9.88 Å². The van der Waals surface area contributed by atoms with E-state index in [0.717, 1.165) is 29.8 Å². The van der Waals surface area contributed by atoms with Crippen molar-refractivity contribution in [3.05, 3.63) is 30.3 Å². The summed E-state index contributed by atoms with van der Waals surface area (Å²) in [5.41, 5.74) is 0.375. The number of hydrogen-bond donors (Lipinski definition) is 1. The molecule has 0 spiro atoms. The number of carbonyl (C=O) groups is 1. The van der Waals surface area contributed by atoms with Gasteiger partial charge in [-0.25, -0.2) is 9.78 Å². The van der Waals surface area contributed by atoms with Crippen molar-refractivity contribution in [2.45, 2.75) is 26.4 Å². The highest BCUT2D eigenvalue weighted by atomic mass is 16.6. The Labute approximate surface area is 141 Å². The highest BCUT2D eigenvalue weighted by molar-refractivity contribution is 5.81. The molecule has 24 heavy (non-hydrogen) atoms. The third-order valence-electron chi connectivity index (χ3n) is 3.91. The number of carbonyl (C=O) groups excluding carboxylic acids is 1. The number of aromatic nitrogens is 1. The minimum absolute atomic E-state index is 0.239. The van der Waals surface area contributed by atoms with Gasteiger partial charge in [0.2, 0.25) is 0 Å². The number of rotatable bonds is 1. The molecule has 1 aliphatic heterocycles. The molecule has 1 aromatic carbocycles. The monoisotopic (exact) mass is 329 g/mol. The molecule has 3 rings (SSSR count). The van der Waals surface area contributed by atoms with E-state index >= 15 is 0 Å². The first-order chi connectivity index (χ1) is 11.3. The zero-order chi connectivity index (χ0) is 17.3. The lowest BCUT2D eigenvalue weighted by Crippen LogP contribution is -2.50. The minimum atomic E-state index is -0.473. The maximum atomic E-state index is 12.1. The highest BCUT2D eigenvalue weighted by Crippen LogP contribution is 2.23. The molecule has 1 saturated heterocycles. The second-order valence-corrected chi connectivity index (χ2v) is 7.00. The Kier molecular flexibility index (Phi) is 4.22. The fourth-order valence-electron chi connectivity index (χ4n) is 2.72. The molecule has 1 amide bonds. The molecule has 1 fully saturated rings. The molecule has 6 heteroatoms. The molecular formula is C18H23N3O3. The first kappa shape index (κ1) is 16.4. The van der Waals surface area contributed by atoms with Crippen molar-refractivity contribution < 1.29 is 14.6 Å². The average Bonchev–Trinajstić information content (AvgIpc) is 2.53. The summed E-state index contributed by atoms with van der Waals surface area (Å²) in [5, 5.41) is 10.4. The van der Waals surface area contributed by atoms with Gasteiger partial charge in [-0.3, -0.25) is 0 Å². The maximum Gasteiger partial charge on any atom is 0.410 e. The van der Waals surface area contributed by atoms with Crippen LogP contribution in [0, 0.1) is 0 Å². The Morgan fingerprint density at radius 2 is 1.83 bits per heavy atom. The second-order valence-electron chi connectivity index (χ2n) is 7.00. The van der Waals surface area contributed by atoms with E-state index in [1.165, 1.54) is 0 Å². The van der Waals surface area contributed by atoms with Crippen molar-refractivity contribution in [3.8, 4) is 5.75 Å². The first-order valence-corrected chi connectivity index (χ1v) is 8.14. The van der Waals surface area contributed by atoms with Crippen molar-refractivity contribution in [2.24, 2.45) is 0 Å².